The average Bonchev–Trinajstić information content (AvgIpc) is 3.44. The number of aromatic amines is 1. The molecule has 0 unspecified atom stereocenters. The molecule has 0 bridgehead atoms. The highest BCUT2D eigenvalue weighted by Crippen LogP contribution is 2.47. The molecule has 37 heavy (non-hydrogen) atoms. The first-order valence-electron chi connectivity index (χ1n) is 11.5. The number of carbonyl (C=O) groups excluding carboxylic acids is 3. The van der Waals surface area contributed by atoms with Crippen LogP contribution in [0, 0.1) is 0 Å². The molecule has 194 valence electrons. The number of anilines is 1. The molecule has 1 fully saturated rings. The van der Waals surface area contributed by atoms with Crippen molar-refractivity contribution in [2.45, 2.75) is 24.4 Å². The van der Waals surface area contributed by atoms with Crippen molar-refractivity contribution in [2.24, 2.45) is 0 Å². The third-order valence-electron chi connectivity index (χ3n) is 6.84. The van der Waals surface area contributed by atoms with Crippen LogP contribution >= 0.6 is 0 Å². The summed E-state index contributed by atoms with van der Waals surface area (Å²) < 4.78 is 42.9. The van der Waals surface area contributed by atoms with E-state index in [1.807, 2.05) is 0 Å². The van der Waals surface area contributed by atoms with Crippen LogP contribution in [0.5, 0.6) is 5.88 Å². The van der Waals surface area contributed by atoms with E-state index in [9.17, 15) is 27.6 Å². The number of H-pyrrole nitrogens is 1. The molecule has 1 spiro atoms. The Morgan fingerprint density at radius 1 is 1.19 bits per heavy atom. The molecule has 13 heteroatoms. The predicted molar refractivity (Wildman–Crippen MR) is 125 cm³/mol. The van der Waals surface area contributed by atoms with E-state index in [4.69, 9.17) is 4.74 Å². The molecule has 3 amide bonds. The summed E-state index contributed by atoms with van der Waals surface area (Å²) in [4.78, 5) is 46.4. The lowest BCUT2D eigenvalue weighted by molar-refractivity contribution is -0.138. The molecule has 3 aromatic rings. The Balaban J connectivity index is 1.37. The average molecular weight is 516 g/mol. The molecular weight excluding hydrogens is 493 g/mol. The number of hydrogen-bond acceptors (Lipinski definition) is 6. The summed E-state index contributed by atoms with van der Waals surface area (Å²) in [6.45, 7) is -1.57. The topological polar surface area (TPSA) is 121 Å². The number of nitrogens with zero attached hydrogens (tertiary/aromatic N) is 4. The maximum atomic E-state index is 13.7. The van der Waals surface area contributed by atoms with Gasteiger partial charge in [0, 0.05) is 30.1 Å². The monoisotopic (exact) mass is 516 g/mol. The second-order valence-corrected chi connectivity index (χ2v) is 9.05. The molecule has 0 atom stereocenters. The fourth-order valence-electron chi connectivity index (χ4n) is 4.94. The summed E-state index contributed by atoms with van der Waals surface area (Å²) in [6, 6.07) is 8.32. The molecule has 4 heterocycles. The third-order valence-corrected chi connectivity index (χ3v) is 6.84. The number of hydrogen-bond donors (Lipinski definition) is 2. The van der Waals surface area contributed by atoms with E-state index in [2.05, 4.69) is 15.2 Å². The van der Waals surface area contributed by atoms with Gasteiger partial charge in [0.2, 0.25) is 17.7 Å². The summed E-state index contributed by atoms with van der Waals surface area (Å²) in [7, 11) is 1.43. The van der Waals surface area contributed by atoms with Crippen molar-refractivity contribution in [1.82, 2.24) is 25.4 Å². The van der Waals surface area contributed by atoms with Crippen molar-refractivity contribution in [2.75, 3.05) is 38.2 Å². The van der Waals surface area contributed by atoms with Crippen LogP contribution in [0.2, 0.25) is 0 Å². The lowest BCUT2D eigenvalue weighted by Crippen LogP contribution is -2.51. The number of rotatable bonds is 5. The van der Waals surface area contributed by atoms with Crippen LogP contribution in [0.15, 0.2) is 36.5 Å². The molecular formula is C24H23F3N6O4. The van der Waals surface area contributed by atoms with Gasteiger partial charge in [0.05, 0.1) is 35.6 Å². The minimum absolute atomic E-state index is 0.189. The van der Waals surface area contributed by atoms with Gasteiger partial charge in [-0.2, -0.15) is 18.3 Å². The number of amides is 3. The largest absolute Gasteiger partial charge is 0.481 e. The Morgan fingerprint density at radius 2 is 1.95 bits per heavy atom. The Morgan fingerprint density at radius 3 is 2.65 bits per heavy atom. The fourth-order valence-corrected chi connectivity index (χ4v) is 4.94. The number of methoxy groups -OCH3 is 1. The molecule has 10 nitrogen and oxygen atoms in total. The van der Waals surface area contributed by atoms with Crippen LogP contribution in [0.25, 0.3) is 10.9 Å². The van der Waals surface area contributed by atoms with Crippen LogP contribution in [-0.4, -0.2) is 77.3 Å². The maximum absolute atomic E-state index is 13.7. The third kappa shape index (κ3) is 4.45. The van der Waals surface area contributed by atoms with E-state index in [1.165, 1.54) is 13.2 Å². The van der Waals surface area contributed by atoms with Crippen molar-refractivity contribution < 1.29 is 32.3 Å². The molecule has 0 saturated carbocycles. The van der Waals surface area contributed by atoms with Gasteiger partial charge in [0.1, 0.15) is 13.1 Å². The molecule has 2 aliphatic rings. The van der Waals surface area contributed by atoms with Crippen molar-refractivity contribution in [3.8, 4) is 5.88 Å². The van der Waals surface area contributed by atoms with Gasteiger partial charge in [0.25, 0.3) is 5.91 Å². The number of pyridine rings is 1. The Kier molecular flexibility index (Phi) is 6.00. The van der Waals surface area contributed by atoms with Crippen LogP contribution in [0.1, 0.15) is 28.9 Å². The van der Waals surface area contributed by atoms with Gasteiger partial charge in [-0.15, -0.1) is 0 Å². The van der Waals surface area contributed by atoms with Gasteiger partial charge < -0.3 is 19.9 Å². The smallest absolute Gasteiger partial charge is 0.405 e. The summed E-state index contributed by atoms with van der Waals surface area (Å²) >= 11 is 0. The number of aromatic nitrogens is 3. The van der Waals surface area contributed by atoms with E-state index >= 15 is 0 Å². The van der Waals surface area contributed by atoms with Gasteiger partial charge in [-0.25, -0.2) is 4.98 Å². The van der Waals surface area contributed by atoms with Crippen LogP contribution in [0.3, 0.4) is 0 Å². The highest BCUT2D eigenvalue weighted by atomic mass is 19.4. The van der Waals surface area contributed by atoms with E-state index in [0.717, 1.165) is 15.8 Å². The lowest BCUT2D eigenvalue weighted by atomic mass is 9.76. The van der Waals surface area contributed by atoms with Crippen molar-refractivity contribution in [3.05, 3.63) is 47.8 Å². The SMILES string of the molecule is COc1ccc2c(n1)C1(CCN(C(=O)c3ccc4[nH]ncc4c3)CC1)C(=O)N2CC(=O)NCC(F)(F)F. The van der Waals surface area contributed by atoms with E-state index in [0.29, 0.717) is 16.9 Å². The van der Waals surface area contributed by atoms with Crippen molar-refractivity contribution >= 4 is 34.3 Å². The number of likely N-dealkylation sites (tertiary alicyclic amines) is 1. The number of piperidine rings is 1. The maximum Gasteiger partial charge on any atom is 0.405 e. The molecule has 1 aromatic carbocycles. The first-order chi connectivity index (χ1) is 17.6. The van der Waals surface area contributed by atoms with Gasteiger partial charge in [-0.3, -0.25) is 19.5 Å². The normalized spacial score (nSPS) is 16.8. The standard InChI is InChI=1S/C24H23F3N6O4/c1-37-19-5-4-17-20(30-19)23(22(36)33(17)12-18(34)28-13-24(25,26)27)6-8-32(9-7-23)21(35)14-2-3-16-15(10-14)11-29-31-16/h2-5,10-11H,6-9,12-13H2,1H3,(H,28,34)(H,29,31). The van der Waals surface area contributed by atoms with Crippen molar-refractivity contribution in [3.63, 3.8) is 0 Å². The minimum atomic E-state index is -4.57. The molecule has 5 rings (SSSR count). The van der Waals surface area contributed by atoms with Gasteiger partial charge >= 0.3 is 6.18 Å². The quantitative estimate of drug-likeness (QED) is 0.536. The van der Waals surface area contributed by atoms with Crippen molar-refractivity contribution in [1.29, 1.82) is 0 Å². The number of benzene rings is 1. The molecule has 0 radical (unpaired) electrons. The van der Waals surface area contributed by atoms with Crippen LogP contribution < -0.4 is 15.0 Å². The number of halogens is 3. The van der Waals surface area contributed by atoms with Crippen LogP contribution in [-0.2, 0) is 15.0 Å². The number of carbonyl (C=O) groups is 3. The first-order valence-corrected chi connectivity index (χ1v) is 11.5. The fraction of sp³-hybridized carbons (Fsp3) is 0.375. The first kappa shape index (κ1) is 24.5. The van der Waals surface area contributed by atoms with E-state index < -0.39 is 36.5 Å². The molecule has 1 saturated heterocycles. The summed E-state index contributed by atoms with van der Waals surface area (Å²) in [5.74, 6) is -1.30. The molecule has 2 N–H and O–H groups in total. The Hall–Kier alpha value is -4.16. The second kappa shape index (κ2) is 9.05. The van der Waals surface area contributed by atoms with Gasteiger partial charge in [-0.1, -0.05) is 0 Å². The lowest BCUT2D eigenvalue weighted by Gasteiger charge is -2.38. The minimum Gasteiger partial charge on any atom is -0.481 e. The summed E-state index contributed by atoms with van der Waals surface area (Å²) in [5.41, 5.74) is 0.914. The zero-order chi connectivity index (χ0) is 26.4. The highest BCUT2D eigenvalue weighted by molar-refractivity contribution is 6.10. The Bertz CT molecular complexity index is 1380. The number of fused-ring (bicyclic) bond motifs is 3. The predicted octanol–water partition coefficient (Wildman–Crippen LogP) is 2.17. The number of alkyl halides is 3. The zero-order valence-corrected chi connectivity index (χ0v) is 19.8. The summed E-state index contributed by atoms with van der Waals surface area (Å²) in [6.07, 6.45) is -2.47. The highest BCUT2D eigenvalue weighted by Gasteiger charge is 2.54. The number of nitrogens with one attached hydrogen (secondary N) is 2. The van der Waals surface area contributed by atoms with Gasteiger partial charge in [0.15, 0.2) is 0 Å². The zero-order valence-electron chi connectivity index (χ0n) is 19.8. The van der Waals surface area contributed by atoms with Crippen LogP contribution in [0.4, 0.5) is 18.9 Å². The van der Waals surface area contributed by atoms with Gasteiger partial charge in [-0.05, 0) is 37.1 Å². The number of ether oxygens (including phenoxy) is 1. The molecule has 2 aliphatic heterocycles. The molecule has 2 aromatic heterocycles. The van der Waals surface area contributed by atoms with E-state index in [1.54, 1.807) is 40.7 Å². The second-order valence-electron chi connectivity index (χ2n) is 9.05. The Labute approximate surface area is 208 Å². The molecule has 0 aliphatic carbocycles. The summed E-state index contributed by atoms with van der Waals surface area (Å²) in [5, 5.41) is 9.40. The van der Waals surface area contributed by atoms with E-state index in [-0.39, 0.29) is 37.7 Å².